The summed E-state index contributed by atoms with van der Waals surface area (Å²) in [4.78, 5) is 46.1. The quantitative estimate of drug-likeness (QED) is 0.202. The molecule has 0 aliphatic carbocycles. The van der Waals surface area contributed by atoms with E-state index >= 15 is 0 Å². The Bertz CT molecular complexity index is 2000. The van der Waals surface area contributed by atoms with Crippen LogP contribution in [0.3, 0.4) is 0 Å². The molecule has 7 rings (SSSR count). The minimum absolute atomic E-state index is 0.293. The number of benzene rings is 5. The van der Waals surface area contributed by atoms with E-state index in [9.17, 15) is 14.4 Å². The van der Waals surface area contributed by atoms with Crippen molar-refractivity contribution >= 4 is 52.1 Å². The first-order valence-corrected chi connectivity index (χ1v) is 15.1. The van der Waals surface area contributed by atoms with Crippen molar-refractivity contribution in [2.45, 2.75) is 12.3 Å². The van der Waals surface area contributed by atoms with Gasteiger partial charge in [0.25, 0.3) is 17.7 Å². The number of anilines is 2. The summed E-state index contributed by atoms with van der Waals surface area (Å²) in [5.41, 5.74) is 12.4. The summed E-state index contributed by atoms with van der Waals surface area (Å²) >= 11 is 5.87. The van der Waals surface area contributed by atoms with Gasteiger partial charge in [0.1, 0.15) is 0 Å². The van der Waals surface area contributed by atoms with Gasteiger partial charge in [-0.05, 0) is 36.4 Å². The Hall–Kier alpha value is -5.90. The van der Waals surface area contributed by atoms with Crippen LogP contribution in [-0.2, 0) is 9.59 Å². The molecule has 0 saturated carbocycles. The predicted molar refractivity (Wildman–Crippen MR) is 185 cm³/mol. The first-order valence-electron chi connectivity index (χ1n) is 14.8. The van der Waals surface area contributed by atoms with Crippen LogP contribution in [0, 0.1) is 0 Å². The van der Waals surface area contributed by atoms with Gasteiger partial charge in [-0.3, -0.25) is 19.4 Å². The Morgan fingerprint density at radius 1 is 0.617 bits per heavy atom. The van der Waals surface area contributed by atoms with E-state index in [1.807, 2.05) is 109 Å². The number of aliphatic imine (C=N–C) groups is 2. The molecule has 0 aromatic heterocycles. The van der Waals surface area contributed by atoms with Crippen molar-refractivity contribution in [3.05, 3.63) is 166 Å². The average Bonchev–Trinajstić information content (AvgIpc) is 3.32. The van der Waals surface area contributed by atoms with Crippen molar-refractivity contribution < 1.29 is 14.4 Å². The van der Waals surface area contributed by atoms with Gasteiger partial charge in [0.05, 0.1) is 22.8 Å². The Labute approximate surface area is 276 Å². The highest BCUT2D eigenvalue weighted by atomic mass is 35.5. The molecule has 232 valence electrons. The molecule has 2 aliphatic rings. The molecule has 9 nitrogen and oxygen atoms in total. The Balaban J connectivity index is 0.000000177. The lowest BCUT2D eigenvalue weighted by molar-refractivity contribution is -0.118. The monoisotopic (exact) mass is 640 g/mol. The SMILES string of the molecule is NC1N=C(c2ccccc2)c2ccccc2NC1=O.O=C(NC1N=C(c2ccccc2)c2ccccc2NC1=O)c1ccc(Cl)cc1. The zero-order valence-electron chi connectivity index (χ0n) is 24.9. The lowest BCUT2D eigenvalue weighted by Crippen LogP contribution is -2.42. The number of nitrogens with two attached hydrogens (primary N) is 1. The van der Waals surface area contributed by atoms with Crippen LogP contribution in [0.15, 0.2) is 143 Å². The minimum Gasteiger partial charge on any atom is -0.322 e. The normalized spacial score (nSPS) is 16.6. The number of nitrogens with one attached hydrogen (secondary N) is 3. The second kappa shape index (κ2) is 14.0. The number of hydrogen-bond donors (Lipinski definition) is 4. The third-order valence-corrected chi connectivity index (χ3v) is 7.64. The summed E-state index contributed by atoms with van der Waals surface area (Å²) in [6, 6.07) is 40.7. The van der Waals surface area contributed by atoms with Gasteiger partial charge in [-0.15, -0.1) is 0 Å². The van der Waals surface area contributed by atoms with Crippen molar-refractivity contribution in [3.63, 3.8) is 0 Å². The van der Waals surface area contributed by atoms with Crippen LogP contribution in [0.1, 0.15) is 32.6 Å². The molecule has 10 heteroatoms. The number of carbonyl (C=O) groups excluding carboxylic acids is 3. The van der Waals surface area contributed by atoms with Crippen LogP contribution in [0.2, 0.25) is 5.02 Å². The Morgan fingerprint density at radius 2 is 1.09 bits per heavy atom. The van der Waals surface area contributed by atoms with E-state index in [1.165, 1.54) is 0 Å². The van der Waals surface area contributed by atoms with Gasteiger partial charge in [-0.25, -0.2) is 4.99 Å². The standard InChI is InChI=1S/C22H16ClN3O2.C15H13N3O/c23-16-12-10-15(11-13-16)21(27)26-20-22(28)24-18-9-5-4-8-17(18)19(25-20)14-6-2-1-3-7-14;16-14-15(19)17-12-9-5-4-8-11(12)13(18-14)10-6-2-1-3-7-10/h1-13,20H,(H,24,28)(H,26,27);1-9,14H,16H2,(H,17,19). The van der Waals surface area contributed by atoms with Gasteiger partial charge in [0.2, 0.25) is 6.17 Å². The van der Waals surface area contributed by atoms with Gasteiger partial charge in [0, 0.05) is 32.8 Å². The topological polar surface area (TPSA) is 138 Å². The van der Waals surface area contributed by atoms with Gasteiger partial charge in [-0.2, -0.15) is 0 Å². The highest BCUT2D eigenvalue weighted by molar-refractivity contribution is 6.30. The van der Waals surface area contributed by atoms with Crippen LogP contribution in [0.5, 0.6) is 0 Å². The molecule has 0 bridgehead atoms. The summed E-state index contributed by atoms with van der Waals surface area (Å²) < 4.78 is 0. The number of amides is 3. The van der Waals surface area contributed by atoms with Gasteiger partial charge in [0.15, 0.2) is 6.17 Å². The predicted octanol–water partition coefficient (Wildman–Crippen LogP) is 5.65. The summed E-state index contributed by atoms with van der Waals surface area (Å²) in [5, 5.41) is 8.87. The molecule has 2 unspecified atom stereocenters. The third kappa shape index (κ3) is 7.17. The lowest BCUT2D eigenvalue weighted by atomic mass is 10.0. The van der Waals surface area contributed by atoms with Crippen LogP contribution in [-0.4, -0.2) is 41.5 Å². The fraction of sp³-hybridized carbons (Fsp3) is 0.0541. The number of nitrogens with zero attached hydrogens (tertiary/aromatic N) is 2. The molecule has 2 aliphatic heterocycles. The number of carbonyl (C=O) groups is 3. The van der Waals surface area contributed by atoms with Crippen molar-refractivity contribution in [1.29, 1.82) is 0 Å². The van der Waals surface area contributed by atoms with E-state index < -0.39 is 24.1 Å². The van der Waals surface area contributed by atoms with Crippen LogP contribution in [0.25, 0.3) is 0 Å². The van der Waals surface area contributed by atoms with Crippen molar-refractivity contribution in [1.82, 2.24) is 5.32 Å². The number of para-hydroxylation sites is 2. The van der Waals surface area contributed by atoms with E-state index in [1.54, 1.807) is 24.3 Å². The smallest absolute Gasteiger partial charge is 0.269 e. The molecular formula is C37H29ClN6O3. The molecule has 0 spiro atoms. The minimum atomic E-state index is -1.06. The lowest BCUT2D eigenvalue weighted by Gasteiger charge is -2.13. The van der Waals surface area contributed by atoms with Gasteiger partial charge in [-0.1, -0.05) is 109 Å². The maximum absolute atomic E-state index is 12.7. The van der Waals surface area contributed by atoms with Gasteiger partial charge >= 0.3 is 0 Å². The fourth-order valence-corrected chi connectivity index (χ4v) is 5.21. The molecule has 0 saturated heterocycles. The molecule has 3 amide bonds. The number of fused-ring (bicyclic) bond motifs is 2. The van der Waals surface area contributed by atoms with Crippen LogP contribution < -0.4 is 21.7 Å². The highest BCUT2D eigenvalue weighted by Gasteiger charge is 2.27. The number of hydrogen-bond acceptors (Lipinski definition) is 6. The van der Waals surface area contributed by atoms with Crippen molar-refractivity contribution in [2.75, 3.05) is 10.6 Å². The Morgan fingerprint density at radius 3 is 1.64 bits per heavy atom. The maximum atomic E-state index is 12.7. The van der Waals surface area contributed by atoms with E-state index in [0.29, 0.717) is 22.0 Å². The summed E-state index contributed by atoms with van der Waals surface area (Å²) in [5.74, 6) is -1.10. The van der Waals surface area contributed by atoms with Gasteiger partial charge < -0.3 is 21.7 Å². The summed E-state index contributed by atoms with van der Waals surface area (Å²) in [6.45, 7) is 0. The number of benzodiazepines with no additional fused rings is 2. The average molecular weight is 641 g/mol. The summed E-state index contributed by atoms with van der Waals surface area (Å²) in [7, 11) is 0. The summed E-state index contributed by atoms with van der Waals surface area (Å²) in [6.07, 6.45) is -1.95. The molecule has 2 heterocycles. The van der Waals surface area contributed by atoms with E-state index in [-0.39, 0.29) is 5.91 Å². The van der Waals surface area contributed by atoms with Crippen LogP contribution >= 0.6 is 11.6 Å². The maximum Gasteiger partial charge on any atom is 0.269 e. The van der Waals surface area contributed by atoms with Crippen LogP contribution in [0.4, 0.5) is 11.4 Å². The number of halogens is 1. The fourth-order valence-electron chi connectivity index (χ4n) is 5.09. The van der Waals surface area contributed by atoms with Crippen molar-refractivity contribution in [2.24, 2.45) is 15.7 Å². The molecular weight excluding hydrogens is 612 g/mol. The molecule has 5 aromatic carbocycles. The number of rotatable bonds is 4. The highest BCUT2D eigenvalue weighted by Crippen LogP contribution is 2.25. The largest absolute Gasteiger partial charge is 0.322 e. The second-order valence-corrected chi connectivity index (χ2v) is 11.0. The van der Waals surface area contributed by atoms with E-state index in [2.05, 4.69) is 25.9 Å². The molecule has 0 radical (unpaired) electrons. The van der Waals surface area contributed by atoms with E-state index in [4.69, 9.17) is 17.3 Å². The zero-order valence-corrected chi connectivity index (χ0v) is 25.7. The van der Waals surface area contributed by atoms with Crippen molar-refractivity contribution in [3.8, 4) is 0 Å². The first-order chi connectivity index (χ1) is 22.9. The zero-order chi connectivity index (χ0) is 32.8. The molecule has 47 heavy (non-hydrogen) atoms. The second-order valence-electron chi connectivity index (χ2n) is 10.6. The molecule has 5 N–H and O–H groups in total. The molecule has 2 atom stereocenters. The van der Waals surface area contributed by atoms with E-state index in [0.717, 1.165) is 33.7 Å². The molecule has 5 aromatic rings. The first kappa shape index (κ1) is 31.1. The Kier molecular flexibility index (Phi) is 9.28. The molecule has 0 fully saturated rings. The third-order valence-electron chi connectivity index (χ3n) is 7.39.